The Kier molecular flexibility index (Phi) is 3.50. The van der Waals surface area contributed by atoms with Crippen LogP contribution in [0.2, 0.25) is 0 Å². The van der Waals surface area contributed by atoms with E-state index < -0.39 is 11.5 Å². The lowest BCUT2D eigenvalue weighted by Gasteiger charge is -2.41. The largest absolute Gasteiger partial charge is 0.481 e. The van der Waals surface area contributed by atoms with Crippen molar-refractivity contribution >= 4 is 23.2 Å². The van der Waals surface area contributed by atoms with Gasteiger partial charge < -0.3 is 14.9 Å². The Morgan fingerprint density at radius 1 is 1.48 bits per heavy atom. The molecule has 1 aliphatic carbocycles. The van der Waals surface area contributed by atoms with E-state index in [0.29, 0.717) is 18.6 Å². The van der Waals surface area contributed by atoms with Gasteiger partial charge in [0.2, 0.25) is 0 Å². The van der Waals surface area contributed by atoms with Gasteiger partial charge in [0.25, 0.3) is 5.91 Å². The summed E-state index contributed by atoms with van der Waals surface area (Å²) < 4.78 is 5.16. The fourth-order valence-electron chi connectivity index (χ4n) is 2.46. The molecule has 0 aromatic carbocycles. The number of amides is 1. The van der Waals surface area contributed by atoms with Crippen molar-refractivity contribution in [3.8, 4) is 10.6 Å². The van der Waals surface area contributed by atoms with Gasteiger partial charge in [-0.25, -0.2) is 0 Å². The Bertz CT molecular complexity index is 658. The number of nitrogens with zero attached hydrogens (tertiary/aromatic N) is 1. The van der Waals surface area contributed by atoms with Gasteiger partial charge in [0.15, 0.2) is 11.5 Å². The highest BCUT2D eigenvalue weighted by Crippen LogP contribution is 2.35. The van der Waals surface area contributed by atoms with E-state index in [1.54, 1.807) is 6.07 Å². The predicted molar refractivity (Wildman–Crippen MR) is 76.1 cm³/mol. The van der Waals surface area contributed by atoms with Gasteiger partial charge in [-0.15, -0.1) is 11.3 Å². The average molecular weight is 306 g/mol. The van der Waals surface area contributed by atoms with E-state index in [1.165, 1.54) is 11.3 Å². The van der Waals surface area contributed by atoms with Gasteiger partial charge in [0.1, 0.15) is 0 Å². The number of carbonyl (C=O) groups is 2. The lowest BCUT2D eigenvalue weighted by molar-refractivity contribution is -0.139. The molecule has 7 heteroatoms. The maximum atomic E-state index is 12.2. The summed E-state index contributed by atoms with van der Waals surface area (Å²) in [6, 6.07) is 5.34. The number of hydrogen-bond acceptors (Lipinski definition) is 5. The van der Waals surface area contributed by atoms with Gasteiger partial charge in [-0.3, -0.25) is 9.59 Å². The van der Waals surface area contributed by atoms with Crippen LogP contribution >= 0.6 is 11.3 Å². The van der Waals surface area contributed by atoms with Crippen molar-refractivity contribution in [3.05, 3.63) is 29.3 Å². The molecule has 1 fully saturated rings. The first-order chi connectivity index (χ1) is 10.1. The third-order valence-electron chi connectivity index (χ3n) is 3.69. The smallest absolute Gasteiger partial charge is 0.305 e. The normalized spacial score (nSPS) is 16.2. The Hall–Kier alpha value is -2.15. The minimum absolute atomic E-state index is 0.0611. The number of rotatable bonds is 5. The second-order valence-electron chi connectivity index (χ2n) is 5.21. The molecule has 1 aliphatic rings. The molecule has 2 aromatic rings. The predicted octanol–water partition coefficient (Wildman–Crippen LogP) is 2.53. The lowest BCUT2D eigenvalue weighted by Crippen LogP contribution is -2.54. The zero-order valence-electron chi connectivity index (χ0n) is 11.2. The Morgan fingerprint density at radius 2 is 2.29 bits per heavy atom. The fraction of sp³-hybridized carbons (Fsp3) is 0.357. The SMILES string of the molecule is O=C(O)CC1(NC(=O)c2cc(-c3cccs3)on2)CCC1. The zero-order chi connectivity index (χ0) is 14.9. The van der Waals surface area contributed by atoms with Crippen LogP contribution in [0.25, 0.3) is 10.6 Å². The average Bonchev–Trinajstić information content (AvgIpc) is 3.05. The van der Waals surface area contributed by atoms with Crippen LogP contribution in [0.1, 0.15) is 36.2 Å². The summed E-state index contributed by atoms with van der Waals surface area (Å²) in [4.78, 5) is 24.0. The number of aliphatic carboxylic acids is 1. The van der Waals surface area contributed by atoms with E-state index in [9.17, 15) is 9.59 Å². The summed E-state index contributed by atoms with van der Waals surface area (Å²) in [6.45, 7) is 0. The first kappa shape index (κ1) is 13.8. The molecule has 0 spiro atoms. The summed E-state index contributed by atoms with van der Waals surface area (Å²) >= 11 is 1.50. The van der Waals surface area contributed by atoms with E-state index in [-0.39, 0.29) is 18.0 Å². The van der Waals surface area contributed by atoms with Crippen LogP contribution < -0.4 is 5.32 Å². The molecule has 6 nitrogen and oxygen atoms in total. The summed E-state index contributed by atoms with van der Waals surface area (Å²) in [7, 11) is 0. The summed E-state index contributed by atoms with van der Waals surface area (Å²) in [5.41, 5.74) is -0.458. The Balaban J connectivity index is 1.72. The van der Waals surface area contributed by atoms with Crippen molar-refractivity contribution < 1.29 is 19.2 Å². The van der Waals surface area contributed by atoms with Crippen molar-refractivity contribution in [1.29, 1.82) is 0 Å². The molecule has 2 N–H and O–H groups in total. The number of carboxylic acid groups (broad SMARTS) is 1. The van der Waals surface area contributed by atoms with E-state index in [2.05, 4.69) is 10.5 Å². The number of nitrogens with one attached hydrogen (secondary N) is 1. The molecule has 0 bridgehead atoms. The number of aromatic nitrogens is 1. The third-order valence-corrected chi connectivity index (χ3v) is 4.57. The van der Waals surface area contributed by atoms with Gasteiger partial charge in [0.05, 0.1) is 16.8 Å². The van der Waals surface area contributed by atoms with Gasteiger partial charge in [0, 0.05) is 6.07 Å². The summed E-state index contributed by atoms with van der Waals surface area (Å²) in [5.74, 6) is -0.757. The van der Waals surface area contributed by atoms with Crippen molar-refractivity contribution in [3.63, 3.8) is 0 Å². The molecule has 0 radical (unpaired) electrons. The molecular formula is C14H14N2O4S. The molecule has 0 saturated heterocycles. The summed E-state index contributed by atoms with van der Waals surface area (Å²) in [6.07, 6.45) is 2.22. The van der Waals surface area contributed by atoms with Gasteiger partial charge in [-0.05, 0) is 30.7 Å². The minimum atomic E-state index is -0.908. The molecule has 2 heterocycles. The van der Waals surface area contributed by atoms with Crippen LogP contribution in [0.5, 0.6) is 0 Å². The molecule has 3 rings (SSSR count). The fourth-order valence-corrected chi connectivity index (χ4v) is 3.13. The number of hydrogen-bond donors (Lipinski definition) is 2. The van der Waals surface area contributed by atoms with Gasteiger partial charge >= 0.3 is 5.97 Å². The van der Waals surface area contributed by atoms with Crippen LogP contribution in [0.3, 0.4) is 0 Å². The van der Waals surface area contributed by atoms with E-state index in [4.69, 9.17) is 9.63 Å². The highest BCUT2D eigenvalue weighted by Gasteiger charge is 2.40. The molecule has 110 valence electrons. The Labute approximate surface area is 124 Å². The van der Waals surface area contributed by atoms with Crippen molar-refractivity contribution in [2.75, 3.05) is 0 Å². The molecule has 0 unspecified atom stereocenters. The molecule has 1 amide bonds. The van der Waals surface area contributed by atoms with Crippen LogP contribution in [0.4, 0.5) is 0 Å². The first-order valence-electron chi connectivity index (χ1n) is 6.63. The van der Waals surface area contributed by atoms with Crippen LogP contribution in [0, 0.1) is 0 Å². The second-order valence-corrected chi connectivity index (χ2v) is 6.16. The van der Waals surface area contributed by atoms with E-state index >= 15 is 0 Å². The highest BCUT2D eigenvalue weighted by atomic mass is 32.1. The van der Waals surface area contributed by atoms with Gasteiger partial charge in [-0.1, -0.05) is 11.2 Å². The molecular weight excluding hydrogens is 292 g/mol. The number of carbonyl (C=O) groups excluding carboxylic acids is 1. The maximum absolute atomic E-state index is 12.2. The van der Waals surface area contributed by atoms with Crippen molar-refractivity contribution in [2.24, 2.45) is 0 Å². The van der Waals surface area contributed by atoms with Crippen LogP contribution in [0.15, 0.2) is 28.1 Å². The first-order valence-corrected chi connectivity index (χ1v) is 7.51. The minimum Gasteiger partial charge on any atom is -0.481 e. The Morgan fingerprint density at radius 3 is 2.86 bits per heavy atom. The molecule has 21 heavy (non-hydrogen) atoms. The van der Waals surface area contributed by atoms with Crippen LogP contribution in [-0.2, 0) is 4.79 Å². The van der Waals surface area contributed by atoms with Gasteiger partial charge in [-0.2, -0.15) is 0 Å². The number of thiophene rings is 1. The zero-order valence-corrected chi connectivity index (χ0v) is 12.0. The van der Waals surface area contributed by atoms with E-state index in [1.807, 2.05) is 17.5 Å². The molecule has 2 aromatic heterocycles. The number of carboxylic acids is 1. The van der Waals surface area contributed by atoms with Crippen molar-refractivity contribution in [1.82, 2.24) is 10.5 Å². The molecule has 0 aliphatic heterocycles. The highest BCUT2D eigenvalue weighted by molar-refractivity contribution is 7.13. The van der Waals surface area contributed by atoms with Crippen molar-refractivity contribution in [2.45, 2.75) is 31.2 Å². The lowest BCUT2D eigenvalue weighted by atomic mass is 9.74. The topological polar surface area (TPSA) is 92.4 Å². The third kappa shape index (κ3) is 2.82. The molecule has 1 saturated carbocycles. The van der Waals surface area contributed by atoms with E-state index in [0.717, 1.165) is 11.3 Å². The maximum Gasteiger partial charge on any atom is 0.305 e. The molecule has 0 atom stereocenters. The summed E-state index contributed by atoms with van der Waals surface area (Å²) in [5, 5.41) is 17.4. The second kappa shape index (κ2) is 5.33. The standard InChI is InChI=1S/C14H14N2O4S/c17-12(18)8-14(4-2-5-14)15-13(19)9-7-10(20-16-9)11-3-1-6-21-11/h1,3,6-7H,2,4-5,8H2,(H,15,19)(H,17,18). The van der Waals surface area contributed by atoms with Crippen LogP contribution in [-0.4, -0.2) is 27.7 Å². The monoisotopic (exact) mass is 306 g/mol. The quantitative estimate of drug-likeness (QED) is 0.885.